The van der Waals surface area contributed by atoms with Gasteiger partial charge in [-0.2, -0.15) is 5.26 Å². The Kier molecular flexibility index (Phi) is 8.73. The summed E-state index contributed by atoms with van der Waals surface area (Å²) in [5.74, 6) is -0.0149. The second kappa shape index (κ2) is 12.1. The maximum atomic E-state index is 13.0. The molecule has 3 aromatic rings. The number of benzene rings is 2. The lowest BCUT2D eigenvalue weighted by atomic mass is 9.92. The first kappa shape index (κ1) is 30.2. The van der Waals surface area contributed by atoms with Crippen LogP contribution in [0.5, 0.6) is 0 Å². The maximum Gasteiger partial charge on any atom is 0.251 e. The summed E-state index contributed by atoms with van der Waals surface area (Å²) >= 11 is 0. The van der Waals surface area contributed by atoms with Crippen LogP contribution in [0.1, 0.15) is 19.6 Å². The third kappa shape index (κ3) is 6.09. The molecule has 2 aromatic carbocycles. The zero-order valence-electron chi connectivity index (χ0n) is 23.8. The summed E-state index contributed by atoms with van der Waals surface area (Å²) in [6, 6.07) is 17.4. The predicted molar refractivity (Wildman–Crippen MR) is 159 cm³/mol. The number of ether oxygens (including phenoxy) is 1. The number of sulfonamides is 1. The minimum Gasteiger partial charge on any atom is -0.456 e. The summed E-state index contributed by atoms with van der Waals surface area (Å²) in [5.41, 5.74) is 2.10. The second-order valence-electron chi connectivity index (χ2n) is 11.0. The molecular formula is C30H36N4O7S. The largest absolute Gasteiger partial charge is 0.456 e. The van der Waals surface area contributed by atoms with E-state index >= 15 is 0 Å². The number of aliphatic hydroxyl groups excluding tert-OH is 3. The average molecular weight is 597 g/mol. The molecule has 42 heavy (non-hydrogen) atoms. The topological polar surface area (TPSA) is 160 Å². The third-order valence-corrected chi connectivity index (χ3v) is 9.65. The summed E-state index contributed by atoms with van der Waals surface area (Å²) in [6.07, 6.45) is -5.30. The van der Waals surface area contributed by atoms with E-state index in [9.17, 15) is 29.0 Å². The van der Waals surface area contributed by atoms with Crippen LogP contribution in [0.15, 0.2) is 57.9 Å². The number of anilines is 1. The van der Waals surface area contributed by atoms with E-state index in [0.29, 0.717) is 5.76 Å². The Labute approximate surface area is 245 Å². The molecule has 1 unspecified atom stereocenters. The van der Waals surface area contributed by atoms with Crippen molar-refractivity contribution in [2.45, 2.75) is 38.4 Å². The Morgan fingerprint density at radius 3 is 2.43 bits per heavy atom. The van der Waals surface area contributed by atoms with Crippen molar-refractivity contribution in [2.24, 2.45) is 5.92 Å². The van der Waals surface area contributed by atoms with E-state index < -0.39 is 52.0 Å². The minimum atomic E-state index is -4.34. The zero-order valence-corrected chi connectivity index (χ0v) is 24.6. The molecule has 12 heteroatoms. The molecule has 0 amide bonds. The molecule has 5 rings (SSSR count). The molecule has 2 aliphatic rings. The molecule has 4 N–H and O–H groups in total. The summed E-state index contributed by atoms with van der Waals surface area (Å²) in [7, 11) is -2.21. The van der Waals surface area contributed by atoms with Crippen LogP contribution in [0.3, 0.4) is 0 Å². The van der Waals surface area contributed by atoms with Crippen molar-refractivity contribution in [3.05, 3.63) is 59.2 Å². The van der Waals surface area contributed by atoms with Crippen molar-refractivity contribution in [1.29, 1.82) is 5.26 Å². The number of aliphatic hydroxyl groups is 3. The van der Waals surface area contributed by atoms with Crippen molar-refractivity contribution in [3.63, 3.8) is 0 Å². The number of piperazine rings is 1. The molecule has 0 radical (unpaired) electrons. The third-order valence-electron chi connectivity index (χ3n) is 8.17. The molecule has 0 spiro atoms. The van der Waals surface area contributed by atoms with Gasteiger partial charge in [0.1, 0.15) is 29.8 Å². The normalized spacial score (nSPS) is 26.2. The van der Waals surface area contributed by atoms with Crippen LogP contribution >= 0.6 is 0 Å². The summed E-state index contributed by atoms with van der Waals surface area (Å²) < 4.78 is 39.6. The van der Waals surface area contributed by atoms with Crippen LogP contribution in [0.2, 0.25) is 0 Å². The Morgan fingerprint density at radius 2 is 1.71 bits per heavy atom. The number of nitriles is 1. The van der Waals surface area contributed by atoms with Crippen molar-refractivity contribution in [3.8, 4) is 17.4 Å². The van der Waals surface area contributed by atoms with Crippen LogP contribution < -0.4 is 9.62 Å². The Morgan fingerprint density at radius 1 is 1.02 bits per heavy atom. The smallest absolute Gasteiger partial charge is 0.251 e. The van der Waals surface area contributed by atoms with Crippen molar-refractivity contribution < 1.29 is 32.9 Å². The fourth-order valence-electron chi connectivity index (χ4n) is 5.32. The average Bonchev–Trinajstić information content (AvgIpc) is 3.48. The Bertz CT molecular complexity index is 1620. The number of hydrogen-bond acceptors (Lipinski definition) is 10. The molecule has 2 saturated heterocycles. The number of likely N-dealkylation sites (N-methyl/N-ethyl adjacent to an activating group) is 1. The molecule has 1 aromatic heterocycles. The quantitative estimate of drug-likeness (QED) is 0.298. The van der Waals surface area contributed by atoms with Gasteiger partial charge in [0, 0.05) is 55.5 Å². The van der Waals surface area contributed by atoms with E-state index in [0.717, 1.165) is 42.5 Å². The zero-order chi connectivity index (χ0) is 30.2. The molecule has 0 aliphatic carbocycles. The van der Waals surface area contributed by atoms with Crippen molar-refractivity contribution >= 4 is 32.1 Å². The molecule has 224 valence electrons. The molecule has 3 heterocycles. The van der Waals surface area contributed by atoms with E-state index in [1.807, 2.05) is 18.2 Å². The first-order valence-electron chi connectivity index (χ1n) is 13.9. The molecule has 5 atom stereocenters. The number of rotatable bonds is 7. The predicted octanol–water partition coefficient (Wildman–Crippen LogP) is 2.10. The van der Waals surface area contributed by atoms with Crippen LogP contribution in [0.4, 0.5) is 5.69 Å². The number of hydrogen-bond donors (Lipinski definition) is 4. The lowest BCUT2D eigenvalue weighted by Crippen LogP contribution is -2.56. The molecule has 2 fully saturated rings. The highest BCUT2D eigenvalue weighted by molar-refractivity contribution is 7.93. The van der Waals surface area contributed by atoms with Crippen molar-refractivity contribution in [2.75, 3.05) is 44.7 Å². The molecule has 2 aliphatic heterocycles. The van der Waals surface area contributed by atoms with E-state index in [-0.39, 0.29) is 11.3 Å². The monoisotopic (exact) mass is 596 g/mol. The lowest BCUT2D eigenvalue weighted by Gasteiger charge is -2.39. The van der Waals surface area contributed by atoms with E-state index in [4.69, 9.17) is 9.15 Å². The number of allylic oxidation sites excluding steroid dienone is 2. The minimum absolute atomic E-state index is 0.104. The molecular weight excluding hydrogens is 560 g/mol. The second-order valence-corrected chi connectivity index (χ2v) is 12.7. The SMILES string of the molecule is C/C(=C(/C#N)S(=O)(=O)NC[C@H]1OC(O)[C@H](C)[C@@H](O)[C@@H]1O)c1ccc(-c2ccc3cc(N4CCN(C)CC4)ccc3c2)o1. The highest BCUT2D eigenvalue weighted by Crippen LogP contribution is 2.32. The van der Waals surface area contributed by atoms with Crippen LogP contribution in [0, 0.1) is 17.2 Å². The Balaban J connectivity index is 1.32. The van der Waals surface area contributed by atoms with Gasteiger partial charge in [-0.15, -0.1) is 0 Å². The van der Waals surface area contributed by atoms with E-state index in [1.165, 1.54) is 19.5 Å². The van der Waals surface area contributed by atoms with Gasteiger partial charge in [0.05, 0.1) is 6.10 Å². The van der Waals surface area contributed by atoms with Gasteiger partial charge in [-0.1, -0.05) is 25.1 Å². The fraction of sp³-hybridized carbons (Fsp3) is 0.433. The van der Waals surface area contributed by atoms with Gasteiger partial charge in [-0.05, 0) is 55.1 Å². The van der Waals surface area contributed by atoms with Gasteiger partial charge in [-0.3, -0.25) is 0 Å². The fourth-order valence-corrected chi connectivity index (χ4v) is 6.47. The highest BCUT2D eigenvalue weighted by Gasteiger charge is 2.42. The number of nitrogens with one attached hydrogen (secondary N) is 1. The Hall–Kier alpha value is -3.28. The van der Waals surface area contributed by atoms with Gasteiger partial charge in [-0.25, -0.2) is 13.1 Å². The lowest BCUT2D eigenvalue weighted by molar-refractivity contribution is -0.257. The maximum absolute atomic E-state index is 13.0. The van der Waals surface area contributed by atoms with Crippen LogP contribution in [-0.2, 0) is 14.8 Å². The standard InChI is InChI=1S/C30H36N4O7S/c1-18(27(16-31)42(38,39)32-17-26-29(36)28(35)19(2)30(37)41-26)24-8-9-25(40-24)22-5-4-21-15-23(7-6-20(21)14-22)34-12-10-33(3)11-13-34/h4-9,14-15,19,26,28-30,32,35-37H,10-13,17H2,1-3H3/b27-18+/t19-,26-,28-,29-,30?/m1/s1. The highest BCUT2D eigenvalue weighted by atomic mass is 32.2. The first-order chi connectivity index (χ1) is 20.0. The molecule has 11 nitrogen and oxygen atoms in total. The van der Waals surface area contributed by atoms with Gasteiger partial charge in [0.2, 0.25) is 0 Å². The van der Waals surface area contributed by atoms with Gasteiger partial charge < -0.3 is 34.3 Å². The molecule has 0 saturated carbocycles. The first-order valence-corrected chi connectivity index (χ1v) is 15.3. The molecule has 0 bridgehead atoms. The van der Waals surface area contributed by atoms with Gasteiger partial charge in [0.25, 0.3) is 10.0 Å². The van der Waals surface area contributed by atoms with Crippen LogP contribution in [-0.4, -0.2) is 93.0 Å². The number of fused-ring (bicyclic) bond motifs is 1. The number of furan rings is 1. The summed E-state index contributed by atoms with van der Waals surface area (Å²) in [5, 5.41) is 42.2. The summed E-state index contributed by atoms with van der Waals surface area (Å²) in [6.45, 7) is 6.55. The van der Waals surface area contributed by atoms with Gasteiger partial charge >= 0.3 is 0 Å². The van der Waals surface area contributed by atoms with E-state index in [1.54, 1.807) is 18.2 Å². The van der Waals surface area contributed by atoms with Crippen molar-refractivity contribution in [1.82, 2.24) is 9.62 Å². The van der Waals surface area contributed by atoms with E-state index in [2.05, 4.69) is 39.8 Å². The van der Waals surface area contributed by atoms with Gasteiger partial charge in [0.15, 0.2) is 11.2 Å². The van der Waals surface area contributed by atoms with Crippen LogP contribution in [0.25, 0.3) is 27.7 Å². The summed E-state index contributed by atoms with van der Waals surface area (Å²) in [4.78, 5) is 4.15. The number of nitrogens with zero attached hydrogens (tertiary/aromatic N) is 3.